The van der Waals surface area contributed by atoms with Gasteiger partial charge in [0.2, 0.25) is 0 Å². The summed E-state index contributed by atoms with van der Waals surface area (Å²) < 4.78 is 18.2. The van der Waals surface area contributed by atoms with Gasteiger partial charge in [-0.05, 0) is 12.1 Å². The van der Waals surface area contributed by atoms with Crippen molar-refractivity contribution in [3.05, 3.63) is 42.0 Å². The highest BCUT2D eigenvalue weighted by Gasteiger charge is 2.05. The molecule has 0 unspecified atom stereocenters. The molecule has 0 amide bonds. The Kier molecular flexibility index (Phi) is 2.87. The molecule has 0 atom stereocenters. The Bertz CT molecular complexity index is 458. The van der Waals surface area contributed by atoms with Crippen molar-refractivity contribution < 1.29 is 8.81 Å². The molecular formula is C10H8ClFN2O. The van der Waals surface area contributed by atoms with E-state index in [1.807, 2.05) is 0 Å². The van der Waals surface area contributed by atoms with Crippen molar-refractivity contribution in [3.8, 4) is 0 Å². The van der Waals surface area contributed by atoms with E-state index in [1.165, 1.54) is 12.3 Å². The van der Waals surface area contributed by atoms with Gasteiger partial charge in [-0.3, -0.25) is 0 Å². The fourth-order valence-electron chi connectivity index (χ4n) is 1.10. The van der Waals surface area contributed by atoms with Gasteiger partial charge in [0, 0.05) is 0 Å². The number of hydrogen-bond acceptors (Lipinski definition) is 3. The second-order valence-corrected chi connectivity index (χ2v) is 3.15. The molecule has 2 aromatic rings. The van der Waals surface area contributed by atoms with Crippen LogP contribution in [0, 0.1) is 5.82 Å². The summed E-state index contributed by atoms with van der Waals surface area (Å²) in [5.41, 5.74) is 0.927. The van der Waals surface area contributed by atoms with E-state index in [4.69, 9.17) is 16.0 Å². The van der Waals surface area contributed by atoms with Crippen molar-refractivity contribution in [1.82, 2.24) is 4.98 Å². The molecule has 5 heteroatoms. The first kappa shape index (κ1) is 9.98. The van der Waals surface area contributed by atoms with Crippen LogP contribution in [-0.4, -0.2) is 4.98 Å². The van der Waals surface area contributed by atoms with Crippen molar-refractivity contribution in [2.75, 3.05) is 5.32 Å². The van der Waals surface area contributed by atoms with E-state index in [0.29, 0.717) is 11.4 Å². The van der Waals surface area contributed by atoms with Crippen LogP contribution in [-0.2, 0) is 5.88 Å². The maximum Gasteiger partial charge on any atom is 0.299 e. The van der Waals surface area contributed by atoms with E-state index in [0.717, 1.165) is 0 Å². The molecule has 0 aliphatic rings. The van der Waals surface area contributed by atoms with Crippen molar-refractivity contribution in [1.29, 1.82) is 0 Å². The number of oxazole rings is 1. The summed E-state index contributed by atoms with van der Waals surface area (Å²) in [5.74, 6) is -0.0919. The molecule has 2 rings (SSSR count). The van der Waals surface area contributed by atoms with E-state index in [-0.39, 0.29) is 17.7 Å². The first-order valence-electron chi connectivity index (χ1n) is 4.31. The molecule has 0 aliphatic carbocycles. The average molecular weight is 227 g/mol. The predicted octanol–water partition coefficient (Wildman–Crippen LogP) is 3.30. The molecule has 1 N–H and O–H groups in total. The molecule has 0 fully saturated rings. The Morgan fingerprint density at radius 3 is 2.87 bits per heavy atom. The summed E-state index contributed by atoms with van der Waals surface area (Å²) in [5, 5.41) is 2.72. The average Bonchev–Trinajstić information content (AvgIpc) is 2.69. The number of hydrogen-bond donors (Lipinski definition) is 1. The van der Waals surface area contributed by atoms with E-state index in [2.05, 4.69) is 10.3 Å². The topological polar surface area (TPSA) is 38.1 Å². The number of benzene rings is 1. The number of halogens is 2. The predicted molar refractivity (Wildman–Crippen MR) is 55.7 cm³/mol. The van der Waals surface area contributed by atoms with Crippen LogP contribution in [0.5, 0.6) is 0 Å². The third-order valence-corrected chi connectivity index (χ3v) is 2.08. The third kappa shape index (κ3) is 2.27. The van der Waals surface area contributed by atoms with Gasteiger partial charge in [0.1, 0.15) is 12.1 Å². The Labute approximate surface area is 90.9 Å². The smallest absolute Gasteiger partial charge is 0.299 e. The van der Waals surface area contributed by atoms with Crippen LogP contribution < -0.4 is 5.32 Å². The summed E-state index contributed by atoms with van der Waals surface area (Å²) in [4.78, 5) is 3.99. The molecule has 1 aromatic heterocycles. The van der Waals surface area contributed by atoms with Crippen molar-refractivity contribution in [2.45, 2.75) is 5.88 Å². The Hall–Kier alpha value is -1.55. The van der Waals surface area contributed by atoms with Crippen LogP contribution in [0.2, 0.25) is 0 Å². The largest absolute Gasteiger partial charge is 0.432 e. The molecule has 3 nitrogen and oxygen atoms in total. The lowest BCUT2D eigenvalue weighted by Crippen LogP contribution is -1.93. The first-order chi connectivity index (χ1) is 7.29. The zero-order valence-corrected chi connectivity index (χ0v) is 8.46. The molecule has 1 heterocycles. The van der Waals surface area contributed by atoms with Gasteiger partial charge in [0.05, 0.1) is 17.3 Å². The summed E-state index contributed by atoms with van der Waals surface area (Å²) >= 11 is 5.55. The van der Waals surface area contributed by atoms with Crippen LogP contribution in [0.15, 0.2) is 34.9 Å². The minimum Gasteiger partial charge on any atom is -0.432 e. The van der Waals surface area contributed by atoms with Gasteiger partial charge in [-0.1, -0.05) is 12.1 Å². The highest BCUT2D eigenvalue weighted by molar-refractivity contribution is 6.16. The summed E-state index contributed by atoms with van der Waals surface area (Å²) in [7, 11) is 0. The number of anilines is 2. The zero-order valence-electron chi connectivity index (χ0n) is 7.71. The lowest BCUT2D eigenvalue weighted by atomic mass is 10.3. The zero-order chi connectivity index (χ0) is 10.7. The van der Waals surface area contributed by atoms with Crippen LogP contribution in [0.1, 0.15) is 5.69 Å². The molecule has 0 spiro atoms. The van der Waals surface area contributed by atoms with Crippen molar-refractivity contribution in [3.63, 3.8) is 0 Å². The number of nitrogens with zero attached hydrogens (tertiary/aromatic N) is 1. The summed E-state index contributed by atoms with van der Waals surface area (Å²) in [6, 6.07) is 6.51. The van der Waals surface area contributed by atoms with Gasteiger partial charge >= 0.3 is 0 Å². The Morgan fingerprint density at radius 1 is 1.40 bits per heavy atom. The molecule has 0 saturated carbocycles. The molecule has 0 radical (unpaired) electrons. The van der Waals surface area contributed by atoms with Crippen LogP contribution in [0.4, 0.5) is 16.1 Å². The van der Waals surface area contributed by atoms with Crippen molar-refractivity contribution in [2.24, 2.45) is 0 Å². The number of rotatable bonds is 3. The number of nitrogens with one attached hydrogen (secondary N) is 1. The number of aromatic nitrogens is 1. The Morgan fingerprint density at radius 2 is 2.20 bits per heavy atom. The second kappa shape index (κ2) is 4.31. The van der Waals surface area contributed by atoms with Crippen LogP contribution >= 0.6 is 11.6 Å². The quantitative estimate of drug-likeness (QED) is 0.816. The normalized spacial score (nSPS) is 10.3. The second-order valence-electron chi connectivity index (χ2n) is 2.88. The minimum atomic E-state index is -0.358. The molecule has 1 aromatic carbocycles. The van der Waals surface area contributed by atoms with E-state index in [9.17, 15) is 4.39 Å². The first-order valence-corrected chi connectivity index (χ1v) is 4.85. The lowest BCUT2D eigenvalue weighted by Gasteiger charge is -2.01. The maximum atomic E-state index is 13.2. The maximum absolute atomic E-state index is 13.2. The standard InChI is InChI=1S/C10H8ClFN2O/c11-5-7-6-15-10(13-7)14-9-4-2-1-3-8(9)12/h1-4,6H,5H2,(H,13,14). The van der Waals surface area contributed by atoms with Gasteiger partial charge in [-0.25, -0.2) is 4.39 Å². The highest BCUT2D eigenvalue weighted by atomic mass is 35.5. The third-order valence-electron chi connectivity index (χ3n) is 1.80. The van der Waals surface area contributed by atoms with E-state index >= 15 is 0 Å². The van der Waals surface area contributed by atoms with E-state index in [1.54, 1.807) is 18.2 Å². The molecule has 78 valence electrons. The SMILES string of the molecule is Fc1ccccc1Nc1nc(CCl)co1. The summed E-state index contributed by atoms with van der Waals surface area (Å²) in [6.45, 7) is 0. The highest BCUT2D eigenvalue weighted by Crippen LogP contribution is 2.19. The lowest BCUT2D eigenvalue weighted by molar-refractivity contribution is 0.573. The molecule has 0 saturated heterocycles. The molecule has 0 aliphatic heterocycles. The van der Waals surface area contributed by atoms with Gasteiger partial charge in [-0.15, -0.1) is 11.6 Å². The monoisotopic (exact) mass is 226 g/mol. The van der Waals surface area contributed by atoms with Gasteiger partial charge in [0.15, 0.2) is 0 Å². The minimum absolute atomic E-state index is 0.232. The molecule has 15 heavy (non-hydrogen) atoms. The van der Waals surface area contributed by atoms with Crippen molar-refractivity contribution >= 4 is 23.3 Å². The molecule has 0 bridgehead atoms. The summed E-state index contributed by atoms with van der Waals surface area (Å²) in [6.07, 6.45) is 1.43. The number of alkyl halides is 1. The van der Waals surface area contributed by atoms with Crippen LogP contribution in [0.3, 0.4) is 0 Å². The van der Waals surface area contributed by atoms with E-state index < -0.39 is 0 Å². The van der Waals surface area contributed by atoms with Gasteiger partial charge in [0.25, 0.3) is 6.01 Å². The number of para-hydroxylation sites is 1. The Balaban J connectivity index is 2.18. The van der Waals surface area contributed by atoms with Crippen LogP contribution in [0.25, 0.3) is 0 Å². The molecular weight excluding hydrogens is 219 g/mol. The fraction of sp³-hybridized carbons (Fsp3) is 0.100. The fourth-order valence-corrected chi connectivity index (χ4v) is 1.23. The van der Waals surface area contributed by atoms with Gasteiger partial charge < -0.3 is 9.73 Å². The van der Waals surface area contributed by atoms with Gasteiger partial charge in [-0.2, -0.15) is 4.98 Å².